The fourth-order valence-electron chi connectivity index (χ4n) is 2.83. The van der Waals surface area contributed by atoms with Crippen molar-refractivity contribution in [2.75, 3.05) is 13.2 Å². The van der Waals surface area contributed by atoms with Crippen LogP contribution in [0, 0.1) is 11.3 Å². The Labute approximate surface area is 92.2 Å². The van der Waals surface area contributed by atoms with Gasteiger partial charge in [0.25, 0.3) is 0 Å². The Morgan fingerprint density at radius 3 is 2.86 bits per heavy atom. The first kappa shape index (κ1) is 10.8. The van der Waals surface area contributed by atoms with Crippen LogP contribution in [0.2, 0.25) is 0 Å². The molecule has 0 aromatic carbocycles. The summed E-state index contributed by atoms with van der Waals surface area (Å²) in [5.74, 6) is 0.834. The van der Waals surface area contributed by atoms with Crippen LogP contribution in [0.4, 0.5) is 0 Å². The first-order chi connectivity index (χ1) is 6.68. The van der Waals surface area contributed by atoms with Crippen LogP contribution >= 0.6 is 11.6 Å². The number of hydrogen-bond donors (Lipinski definition) is 0. The highest BCUT2D eigenvalue weighted by atomic mass is 35.5. The number of ether oxygens (including phenoxy) is 1. The Balaban J connectivity index is 1.73. The molecule has 2 aliphatic rings. The molecule has 1 heterocycles. The van der Waals surface area contributed by atoms with Crippen molar-refractivity contribution in [3.63, 3.8) is 0 Å². The average molecular weight is 217 g/mol. The van der Waals surface area contributed by atoms with E-state index in [1.165, 1.54) is 38.5 Å². The second-order valence-electron chi connectivity index (χ2n) is 5.42. The third kappa shape index (κ3) is 2.64. The van der Waals surface area contributed by atoms with Gasteiger partial charge in [-0.1, -0.05) is 6.92 Å². The summed E-state index contributed by atoms with van der Waals surface area (Å²) in [4.78, 5) is 0. The maximum absolute atomic E-state index is 6.17. The predicted molar refractivity (Wildman–Crippen MR) is 59.8 cm³/mol. The van der Waals surface area contributed by atoms with Gasteiger partial charge in [0.05, 0.1) is 0 Å². The van der Waals surface area contributed by atoms with E-state index < -0.39 is 0 Å². The molecule has 0 aromatic heterocycles. The fraction of sp³-hybridized carbons (Fsp3) is 1.00. The standard InChI is InChI=1S/C12H21ClO/c1-12(6-3-11(13)8-12)5-2-10-4-7-14-9-10/h10-11H,2-9H2,1H3. The largest absolute Gasteiger partial charge is 0.381 e. The lowest BCUT2D eigenvalue weighted by Gasteiger charge is -2.24. The molecule has 2 heteroatoms. The predicted octanol–water partition coefficient (Wildman–Crippen LogP) is 3.60. The first-order valence-electron chi connectivity index (χ1n) is 5.90. The third-order valence-electron chi connectivity index (χ3n) is 3.96. The van der Waals surface area contributed by atoms with E-state index in [1.54, 1.807) is 0 Å². The van der Waals surface area contributed by atoms with E-state index in [0.717, 1.165) is 19.1 Å². The minimum Gasteiger partial charge on any atom is -0.381 e. The van der Waals surface area contributed by atoms with Crippen molar-refractivity contribution < 1.29 is 4.74 Å². The minimum atomic E-state index is 0.444. The van der Waals surface area contributed by atoms with E-state index in [4.69, 9.17) is 16.3 Å². The summed E-state index contributed by atoms with van der Waals surface area (Å²) in [6.07, 6.45) is 7.75. The summed E-state index contributed by atoms with van der Waals surface area (Å²) >= 11 is 6.17. The lowest BCUT2D eigenvalue weighted by molar-refractivity contribution is 0.178. The van der Waals surface area contributed by atoms with Crippen LogP contribution in [0.25, 0.3) is 0 Å². The number of hydrogen-bond acceptors (Lipinski definition) is 1. The van der Waals surface area contributed by atoms with Gasteiger partial charge in [-0.15, -0.1) is 11.6 Å². The quantitative estimate of drug-likeness (QED) is 0.655. The van der Waals surface area contributed by atoms with Gasteiger partial charge in [-0.25, -0.2) is 0 Å². The van der Waals surface area contributed by atoms with Crippen molar-refractivity contribution in [1.29, 1.82) is 0 Å². The summed E-state index contributed by atoms with van der Waals surface area (Å²) in [5, 5.41) is 0.444. The summed E-state index contributed by atoms with van der Waals surface area (Å²) in [6.45, 7) is 4.39. The maximum Gasteiger partial charge on any atom is 0.0495 e. The molecule has 0 aromatic rings. The van der Waals surface area contributed by atoms with E-state index in [2.05, 4.69) is 6.92 Å². The van der Waals surface area contributed by atoms with Gasteiger partial charge in [-0.3, -0.25) is 0 Å². The zero-order valence-electron chi connectivity index (χ0n) is 9.10. The van der Waals surface area contributed by atoms with Crippen LogP contribution in [-0.4, -0.2) is 18.6 Å². The molecular formula is C12H21ClO. The maximum atomic E-state index is 6.17. The van der Waals surface area contributed by atoms with Crippen LogP contribution in [0.1, 0.15) is 45.4 Å². The second-order valence-corrected chi connectivity index (χ2v) is 6.04. The van der Waals surface area contributed by atoms with Crippen molar-refractivity contribution in [3.8, 4) is 0 Å². The Bertz CT molecular complexity index is 189. The Morgan fingerprint density at radius 2 is 2.29 bits per heavy atom. The van der Waals surface area contributed by atoms with Crippen LogP contribution < -0.4 is 0 Å². The normalized spacial score (nSPS) is 43.3. The van der Waals surface area contributed by atoms with Crippen molar-refractivity contribution in [2.45, 2.75) is 50.8 Å². The van der Waals surface area contributed by atoms with Gasteiger partial charge in [0.1, 0.15) is 0 Å². The molecule has 0 N–H and O–H groups in total. The molecule has 1 aliphatic heterocycles. The highest BCUT2D eigenvalue weighted by Gasteiger charge is 2.34. The molecule has 14 heavy (non-hydrogen) atoms. The number of rotatable bonds is 3. The van der Waals surface area contributed by atoms with E-state index in [1.807, 2.05) is 0 Å². The average Bonchev–Trinajstić information content (AvgIpc) is 2.73. The third-order valence-corrected chi connectivity index (χ3v) is 4.33. The lowest BCUT2D eigenvalue weighted by atomic mass is 9.81. The molecule has 1 aliphatic carbocycles. The molecule has 2 fully saturated rings. The van der Waals surface area contributed by atoms with E-state index in [-0.39, 0.29) is 0 Å². The molecule has 3 unspecified atom stereocenters. The first-order valence-corrected chi connectivity index (χ1v) is 6.33. The van der Waals surface area contributed by atoms with Crippen molar-refractivity contribution in [3.05, 3.63) is 0 Å². The highest BCUT2D eigenvalue weighted by molar-refractivity contribution is 6.20. The number of halogens is 1. The SMILES string of the molecule is CC1(CCC2CCOC2)CCC(Cl)C1. The zero-order chi connectivity index (χ0) is 10.0. The Hall–Kier alpha value is 0.250. The summed E-state index contributed by atoms with van der Waals surface area (Å²) < 4.78 is 5.40. The van der Waals surface area contributed by atoms with Gasteiger partial charge < -0.3 is 4.74 Å². The van der Waals surface area contributed by atoms with E-state index >= 15 is 0 Å². The molecule has 0 amide bonds. The topological polar surface area (TPSA) is 9.23 Å². The molecule has 1 nitrogen and oxygen atoms in total. The smallest absolute Gasteiger partial charge is 0.0495 e. The molecule has 3 atom stereocenters. The Kier molecular flexibility index (Phi) is 3.38. The zero-order valence-corrected chi connectivity index (χ0v) is 9.85. The fourth-order valence-corrected chi connectivity index (χ4v) is 3.32. The Morgan fingerprint density at radius 1 is 1.43 bits per heavy atom. The van der Waals surface area contributed by atoms with Crippen LogP contribution in [0.15, 0.2) is 0 Å². The molecule has 0 bridgehead atoms. The molecule has 2 rings (SSSR count). The van der Waals surface area contributed by atoms with Crippen LogP contribution in [0.5, 0.6) is 0 Å². The van der Waals surface area contributed by atoms with E-state index in [0.29, 0.717) is 10.8 Å². The van der Waals surface area contributed by atoms with Gasteiger partial charge in [0, 0.05) is 18.6 Å². The van der Waals surface area contributed by atoms with Gasteiger partial charge in [-0.2, -0.15) is 0 Å². The van der Waals surface area contributed by atoms with Crippen molar-refractivity contribution >= 4 is 11.6 Å². The van der Waals surface area contributed by atoms with Gasteiger partial charge in [-0.05, 0) is 49.9 Å². The number of alkyl halides is 1. The van der Waals surface area contributed by atoms with Crippen molar-refractivity contribution in [2.24, 2.45) is 11.3 Å². The molecule has 0 radical (unpaired) electrons. The molecule has 1 saturated heterocycles. The molecule has 82 valence electrons. The van der Waals surface area contributed by atoms with Crippen LogP contribution in [-0.2, 0) is 4.74 Å². The monoisotopic (exact) mass is 216 g/mol. The summed E-state index contributed by atoms with van der Waals surface area (Å²) in [6, 6.07) is 0. The van der Waals surface area contributed by atoms with Gasteiger partial charge in [0.15, 0.2) is 0 Å². The molecule has 1 saturated carbocycles. The summed E-state index contributed by atoms with van der Waals surface area (Å²) in [7, 11) is 0. The molecule has 0 spiro atoms. The summed E-state index contributed by atoms with van der Waals surface area (Å²) in [5.41, 5.74) is 0.537. The van der Waals surface area contributed by atoms with Gasteiger partial charge in [0.2, 0.25) is 0 Å². The molecular weight excluding hydrogens is 196 g/mol. The van der Waals surface area contributed by atoms with E-state index in [9.17, 15) is 0 Å². The minimum absolute atomic E-state index is 0.444. The van der Waals surface area contributed by atoms with Crippen molar-refractivity contribution in [1.82, 2.24) is 0 Å². The highest BCUT2D eigenvalue weighted by Crippen LogP contribution is 2.44. The van der Waals surface area contributed by atoms with Gasteiger partial charge >= 0.3 is 0 Å². The van der Waals surface area contributed by atoms with Crippen LogP contribution in [0.3, 0.4) is 0 Å². The second kappa shape index (κ2) is 4.40. The lowest BCUT2D eigenvalue weighted by Crippen LogP contribution is -2.14.